The molecule has 3 rings (SSSR count). The first-order valence-corrected chi connectivity index (χ1v) is 9.57. The summed E-state index contributed by atoms with van der Waals surface area (Å²) in [5.41, 5.74) is 4.22. The van der Waals surface area contributed by atoms with Crippen molar-refractivity contribution in [1.82, 2.24) is 9.97 Å². The fourth-order valence-electron chi connectivity index (χ4n) is 2.89. The summed E-state index contributed by atoms with van der Waals surface area (Å²) in [5.74, 6) is 1.06. The Morgan fingerprint density at radius 2 is 1.71 bits per heavy atom. The minimum Gasteiger partial charge on any atom is -0.462 e. The highest BCUT2D eigenvalue weighted by Crippen LogP contribution is 2.26. The topological polar surface area (TPSA) is 64.1 Å². The molecule has 0 radical (unpaired) electrons. The van der Waals surface area contributed by atoms with E-state index < -0.39 is 0 Å². The second kappa shape index (κ2) is 8.85. The molecule has 0 aliphatic heterocycles. The average Bonchev–Trinajstić information content (AvgIpc) is 2.69. The van der Waals surface area contributed by atoms with E-state index in [4.69, 9.17) is 21.3 Å². The van der Waals surface area contributed by atoms with Crippen LogP contribution in [0.1, 0.15) is 35.5 Å². The van der Waals surface area contributed by atoms with Crippen molar-refractivity contribution in [3.63, 3.8) is 0 Å². The summed E-state index contributed by atoms with van der Waals surface area (Å²) in [6.45, 7) is 6.19. The molecule has 0 aliphatic rings. The normalized spacial score (nSPS) is 10.6. The lowest BCUT2D eigenvalue weighted by Gasteiger charge is -2.14. The van der Waals surface area contributed by atoms with Gasteiger partial charge >= 0.3 is 5.97 Å². The van der Waals surface area contributed by atoms with Gasteiger partial charge in [0.2, 0.25) is 0 Å². The number of hydrogen-bond acceptors (Lipinski definition) is 5. The van der Waals surface area contributed by atoms with Crippen molar-refractivity contribution in [3.05, 3.63) is 70.4 Å². The van der Waals surface area contributed by atoms with Crippen molar-refractivity contribution >= 4 is 29.1 Å². The zero-order chi connectivity index (χ0) is 20.1. The van der Waals surface area contributed by atoms with E-state index >= 15 is 0 Å². The fraction of sp³-hybridized carbons (Fsp3) is 0.227. The lowest BCUT2D eigenvalue weighted by atomic mass is 10.1. The number of carbonyl (C=O) groups is 1. The van der Waals surface area contributed by atoms with Gasteiger partial charge in [-0.3, -0.25) is 0 Å². The van der Waals surface area contributed by atoms with Crippen molar-refractivity contribution in [2.45, 2.75) is 27.2 Å². The van der Waals surface area contributed by atoms with Crippen LogP contribution >= 0.6 is 11.6 Å². The molecule has 6 heteroatoms. The number of esters is 1. The second-order valence-electron chi connectivity index (χ2n) is 6.24. The standard InChI is InChI=1S/C22H22ClN3O2/c1-4-19-14(3)24-20(15-6-10-17(23)11-7-15)26-21(19)25-18-12-8-16(9-13-18)22(27)28-5-2/h6-13H,4-5H2,1-3H3,(H,24,25,26). The average molecular weight is 396 g/mol. The van der Waals surface area contributed by atoms with E-state index in [0.29, 0.717) is 23.0 Å². The monoisotopic (exact) mass is 395 g/mol. The number of aryl methyl sites for hydroxylation is 1. The number of hydrogen-bond donors (Lipinski definition) is 1. The third-order valence-electron chi connectivity index (χ3n) is 4.33. The van der Waals surface area contributed by atoms with Crippen LogP contribution in [-0.4, -0.2) is 22.5 Å². The maximum absolute atomic E-state index is 11.8. The van der Waals surface area contributed by atoms with E-state index in [1.165, 1.54) is 0 Å². The van der Waals surface area contributed by atoms with Gasteiger partial charge < -0.3 is 10.1 Å². The number of benzene rings is 2. The van der Waals surface area contributed by atoms with Crippen molar-refractivity contribution in [1.29, 1.82) is 0 Å². The minimum atomic E-state index is -0.328. The number of anilines is 2. The summed E-state index contributed by atoms with van der Waals surface area (Å²) in [6.07, 6.45) is 0.802. The van der Waals surface area contributed by atoms with E-state index in [1.54, 1.807) is 19.1 Å². The first-order chi connectivity index (χ1) is 13.5. The van der Waals surface area contributed by atoms with Crippen molar-refractivity contribution in [2.24, 2.45) is 0 Å². The number of halogens is 1. The van der Waals surface area contributed by atoms with E-state index in [0.717, 1.165) is 34.7 Å². The van der Waals surface area contributed by atoms with Gasteiger partial charge in [0.05, 0.1) is 12.2 Å². The van der Waals surface area contributed by atoms with Crippen LogP contribution in [0.2, 0.25) is 5.02 Å². The smallest absolute Gasteiger partial charge is 0.338 e. The van der Waals surface area contributed by atoms with Gasteiger partial charge in [-0.25, -0.2) is 14.8 Å². The van der Waals surface area contributed by atoms with Gasteiger partial charge in [0, 0.05) is 27.5 Å². The highest BCUT2D eigenvalue weighted by Gasteiger charge is 2.13. The number of nitrogens with one attached hydrogen (secondary N) is 1. The minimum absolute atomic E-state index is 0.328. The zero-order valence-corrected chi connectivity index (χ0v) is 16.9. The van der Waals surface area contributed by atoms with Crippen LogP contribution in [0.4, 0.5) is 11.5 Å². The lowest BCUT2D eigenvalue weighted by molar-refractivity contribution is 0.0526. The van der Waals surface area contributed by atoms with E-state index in [9.17, 15) is 4.79 Å². The summed E-state index contributed by atoms with van der Waals surface area (Å²) in [4.78, 5) is 21.2. The van der Waals surface area contributed by atoms with Crippen molar-refractivity contribution < 1.29 is 9.53 Å². The van der Waals surface area contributed by atoms with Gasteiger partial charge in [-0.05, 0) is 68.8 Å². The zero-order valence-electron chi connectivity index (χ0n) is 16.1. The first kappa shape index (κ1) is 19.8. The highest BCUT2D eigenvalue weighted by atomic mass is 35.5. The Morgan fingerprint density at radius 1 is 1.04 bits per heavy atom. The van der Waals surface area contributed by atoms with Gasteiger partial charge in [-0.15, -0.1) is 0 Å². The number of aromatic nitrogens is 2. The molecule has 3 aromatic rings. The maximum atomic E-state index is 11.8. The summed E-state index contributed by atoms with van der Waals surface area (Å²) < 4.78 is 5.02. The Labute approximate surface area is 169 Å². The van der Waals surface area contributed by atoms with Gasteiger partial charge in [0.15, 0.2) is 5.82 Å². The number of carbonyl (C=O) groups excluding carboxylic acids is 1. The molecule has 28 heavy (non-hydrogen) atoms. The van der Waals surface area contributed by atoms with Gasteiger partial charge in [-0.2, -0.15) is 0 Å². The first-order valence-electron chi connectivity index (χ1n) is 9.19. The molecule has 2 aromatic carbocycles. The van der Waals surface area contributed by atoms with E-state index in [1.807, 2.05) is 43.3 Å². The van der Waals surface area contributed by atoms with Gasteiger partial charge in [0.1, 0.15) is 5.82 Å². The van der Waals surface area contributed by atoms with Crippen LogP contribution in [-0.2, 0) is 11.2 Å². The van der Waals surface area contributed by atoms with E-state index in [-0.39, 0.29) is 5.97 Å². The van der Waals surface area contributed by atoms with Crippen LogP contribution in [0.5, 0.6) is 0 Å². The third-order valence-corrected chi connectivity index (χ3v) is 4.58. The molecule has 0 fully saturated rings. The summed E-state index contributed by atoms with van der Waals surface area (Å²) in [5, 5.41) is 4.03. The van der Waals surface area contributed by atoms with Crippen molar-refractivity contribution in [2.75, 3.05) is 11.9 Å². The molecule has 0 amide bonds. The Kier molecular flexibility index (Phi) is 6.26. The fourth-order valence-corrected chi connectivity index (χ4v) is 3.02. The molecule has 1 N–H and O–H groups in total. The van der Waals surface area contributed by atoms with Crippen LogP contribution in [0.3, 0.4) is 0 Å². The lowest BCUT2D eigenvalue weighted by Crippen LogP contribution is -2.06. The molecule has 1 aromatic heterocycles. The highest BCUT2D eigenvalue weighted by molar-refractivity contribution is 6.30. The Hall–Kier alpha value is -2.92. The molecular formula is C22H22ClN3O2. The van der Waals surface area contributed by atoms with Crippen LogP contribution in [0.15, 0.2) is 48.5 Å². The predicted octanol–water partition coefficient (Wildman–Crippen LogP) is 5.59. The SMILES string of the molecule is CCOC(=O)c1ccc(Nc2nc(-c3ccc(Cl)cc3)nc(C)c2CC)cc1. The molecule has 1 heterocycles. The number of nitrogens with zero attached hydrogens (tertiary/aromatic N) is 2. The van der Waals surface area contributed by atoms with Crippen LogP contribution < -0.4 is 5.32 Å². The third kappa shape index (κ3) is 4.49. The molecular weight excluding hydrogens is 374 g/mol. The molecule has 0 saturated carbocycles. The number of rotatable bonds is 6. The molecule has 0 saturated heterocycles. The molecule has 0 aliphatic carbocycles. The Morgan fingerprint density at radius 3 is 2.32 bits per heavy atom. The molecule has 144 valence electrons. The predicted molar refractivity (Wildman–Crippen MR) is 112 cm³/mol. The van der Waals surface area contributed by atoms with Gasteiger partial charge in [0.25, 0.3) is 0 Å². The summed E-state index contributed by atoms with van der Waals surface area (Å²) >= 11 is 5.99. The van der Waals surface area contributed by atoms with Crippen LogP contribution in [0.25, 0.3) is 11.4 Å². The summed E-state index contributed by atoms with van der Waals surface area (Å²) in [7, 11) is 0. The van der Waals surface area contributed by atoms with E-state index in [2.05, 4.69) is 17.2 Å². The Bertz CT molecular complexity index is 970. The molecule has 5 nitrogen and oxygen atoms in total. The molecule has 0 spiro atoms. The van der Waals surface area contributed by atoms with Gasteiger partial charge in [-0.1, -0.05) is 18.5 Å². The van der Waals surface area contributed by atoms with Crippen LogP contribution in [0, 0.1) is 6.92 Å². The molecule has 0 bridgehead atoms. The molecule has 0 unspecified atom stereocenters. The van der Waals surface area contributed by atoms with Crippen molar-refractivity contribution in [3.8, 4) is 11.4 Å². The quantitative estimate of drug-likeness (QED) is 0.551. The number of ether oxygens (including phenoxy) is 1. The maximum Gasteiger partial charge on any atom is 0.338 e. The Balaban J connectivity index is 1.92. The second-order valence-corrected chi connectivity index (χ2v) is 6.68. The summed E-state index contributed by atoms with van der Waals surface area (Å²) in [6, 6.07) is 14.6. The molecule has 0 atom stereocenters. The largest absolute Gasteiger partial charge is 0.462 e.